The van der Waals surface area contributed by atoms with Crippen LogP contribution in [0.15, 0.2) is 77.8 Å². The maximum Gasteiger partial charge on any atom is 0.446 e. The van der Waals surface area contributed by atoms with Crippen molar-refractivity contribution in [1.82, 2.24) is 14.6 Å². The van der Waals surface area contributed by atoms with Gasteiger partial charge in [0.05, 0.1) is 5.69 Å². The minimum Gasteiger partial charge on any atom is -0.308 e. The van der Waals surface area contributed by atoms with Gasteiger partial charge in [-0.25, -0.2) is 14.7 Å². The molecule has 0 spiro atoms. The summed E-state index contributed by atoms with van der Waals surface area (Å²) in [7, 11) is -3.94. The quantitative estimate of drug-likeness (QED) is 0.292. The molecule has 2 N–H and O–H groups in total. The topological polar surface area (TPSA) is 112 Å². The molecule has 14 heteroatoms. The van der Waals surface area contributed by atoms with Gasteiger partial charge in [-0.05, 0) is 66.2 Å². The standard InChI is InChI=1S/C24H22F3N5O4S2/c1-16-22(33)32(19-7-9-20(10-8-19)37-24(25,26)27)23(34)31(16)15-18-11-12-28-21(13-18)30-38(35,36)29-14-17-5-3-2-4-6-17/h2-13,16,29H,14-15H2,1H3,(H,28,30). The number of rotatable bonds is 9. The molecule has 3 aromatic rings. The second-order valence-corrected chi connectivity index (χ2v) is 10.9. The third-order valence-electron chi connectivity index (χ3n) is 5.54. The van der Waals surface area contributed by atoms with Crippen LogP contribution >= 0.6 is 11.8 Å². The summed E-state index contributed by atoms with van der Waals surface area (Å²) in [6.07, 6.45) is 1.37. The first-order valence-electron chi connectivity index (χ1n) is 11.2. The number of imide groups is 1. The summed E-state index contributed by atoms with van der Waals surface area (Å²) >= 11 is -0.295. The summed E-state index contributed by atoms with van der Waals surface area (Å²) in [5.41, 5.74) is -3.04. The smallest absolute Gasteiger partial charge is 0.308 e. The summed E-state index contributed by atoms with van der Waals surface area (Å²) in [5.74, 6) is -0.519. The molecule has 2 heterocycles. The zero-order chi connectivity index (χ0) is 27.5. The van der Waals surface area contributed by atoms with Crippen LogP contribution in [0.25, 0.3) is 0 Å². The highest BCUT2D eigenvalue weighted by molar-refractivity contribution is 8.00. The van der Waals surface area contributed by atoms with Crippen molar-refractivity contribution in [3.8, 4) is 0 Å². The molecule has 200 valence electrons. The summed E-state index contributed by atoms with van der Waals surface area (Å²) in [6, 6.07) is 15.4. The Labute approximate surface area is 221 Å². The molecule has 9 nitrogen and oxygen atoms in total. The van der Waals surface area contributed by atoms with Crippen molar-refractivity contribution in [2.45, 2.75) is 36.5 Å². The summed E-state index contributed by atoms with van der Waals surface area (Å²) < 4.78 is 67.4. The maximum atomic E-state index is 13.1. The van der Waals surface area contributed by atoms with Gasteiger partial charge in [-0.3, -0.25) is 9.52 Å². The van der Waals surface area contributed by atoms with Crippen LogP contribution in [0.1, 0.15) is 18.1 Å². The van der Waals surface area contributed by atoms with Crippen molar-refractivity contribution < 1.29 is 31.2 Å². The second kappa shape index (κ2) is 11.0. The zero-order valence-corrected chi connectivity index (χ0v) is 21.5. The van der Waals surface area contributed by atoms with Crippen molar-refractivity contribution in [2.24, 2.45) is 0 Å². The average molecular weight is 566 g/mol. The van der Waals surface area contributed by atoms with Crippen LogP contribution in [-0.2, 0) is 28.1 Å². The predicted octanol–water partition coefficient (Wildman–Crippen LogP) is 4.50. The third-order valence-corrected chi connectivity index (χ3v) is 7.28. The molecule has 1 aliphatic heterocycles. The van der Waals surface area contributed by atoms with E-state index in [0.717, 1.165) is 10.5 Å². The Balaban J connectivity index is 1.43. The Morgan fingerprint density at radius 3 is 2.34 bits per heavy atom. The van der Waals surface area contributed by atoms with E-state index in [-0.39, 0.29) is 41.3 Å². The van der Waals surface area contributed by atoms with Gasteiger partial charge >= 0.3 is 21.7 Å². The molecule has 0 bridgehead atoms. The van der Waals surface area contributed by atoms with Gasteiger partial charge in [0.15, 0.2) is 0 Å². The van der Waals surface area contributed by atoms with Crippen LogP contribution in [0.4, 0.5) is 29.5 Å². The number of hydrogen-bond donors (Lipinski definition) is 2. The van der Waals surface area contributed by atoms with Crippen molar-refractivity contribution in [2.75, 3.05) is 9.62 Å². The Hall–Kier alpha value is -3.62. The molecule has 0 saturated carbocycles. The number of thioether (sulfide) groups is 1. The van der Waals surface area contributed by atoms with Crippen LogP contribution in [0.3, 0.4) is 0 Å². The number of anilines is 2. The molecule has 1 fully saturated rings. The second-order valence-electron chi connectivity index (χ2n) is 8.26. The number of benzene rings is 2. The molecular formula is C24H22F3N5O4S2. The number of aromatic nitrogens is 1. The average Bonchev–Trinajstić information content (AvgIpc) is 3.06. The van der Waals surface area contributed by atoms with Gasteiger partial charge in [-0.15, -0.1) is 0 Å². The normalized spacial score (nSPS) is 16.3. The Morgan fingerprint density at radius 1 is 1.00 bits per heavy atom. The van der Waals surface area contributed by atoms with Crippen molar-refractivity contribution in [3.63, 3.8) is 0 Å². The van der Waals surface area contributed by atoms with Gasteiger partial charge < -0.3 is 4.90 Å². The summed E-state index contributed by atoms with van der Waals surface area (Å²) in [6.45, 7) is 1.58. The van der Waals surface area contributed by atoms with Gasteiger partial charge in [-0.2, -0.15) is 26.3 Å². The highest BCUT2D eigenvalue weighted by atomic mass is 32.2. The van der Waals surface area contributed by atoms with Crippen LogP contribution < -0.4 is 14.3 Å². The Morgan fingerprint density at radius 2 is 1.68 bits per heavy atom. The van der Waals surface area contributed by atoms with E-state index in [1.165, 1.54) is 48.4 Å². The molecule has 2 aromatic carbocycles. The molecule has 4 rings (SSSR count). The summed E-state index contributed by atoms with van der Waals surface area (Å²) in [5, 5.41) is 0. The number of pyridine rings is 1. The largest absolute Gasteiger partial charge is 0.446 e. The third kappa shape index (κ3) is 6.82. The lowest BCUT2D eigenvalue weighted by Gasteiger charge is -2.20. The number of urea groups is 1. The van der Waals surface area contributed by atoms with Gasteiger partial charge in [-0.1, -0.05) is 30.3 Å². The number of amides is 3. The number of carbonyl (C=O) groups excluding carboxylic acids is 2. The SMILES string of the molecule is CC1C(=O)N(c2ccc(SC(F)(F)F)cc2)C(=O)N1Cc1ccnc(NS(=O)(=O)NCc2ccccc2)c1. The molecule has 1 aromatic heterocycles. The zero-order valence-electron chi connectivity index (χ0n) is 19.8. The molecule has 3 amide bonds. The van der Waals surface area contributed by atoms with E-state index < -0.39 is 33.7 Å². The van der Waals surface area contributed by atoms with Crippen molar-refractivity contribution in [1.29, 1.82) is 0 Å². The van der Waals surface area contributed by atoms with Gasteiger partial charge in [0.2, 0.25) is 0 Å². The lowest BCUT2D eigenvalue weighted by atomic mass is 10.2. The lowest BCUT2D eigenvalue weighted by molar-refractivity contribution is -0.119. The van der Waals surface area contributed by atoms with E-state index in [4.69, 9.17) is 0 Å². The minimum atomic E-state index is -4.46. The minimum absolute atomic E-state index is 0.0169. The van der Waals surface area contributed by atoms with E-state index in [2.05, 4.69) is 14.4 Å². The molecule has 1 saturated heterocycles. The summed E-state index contributed by atoms with van der Waals surface area (Å²) in [4.78, 5) is 32.1. The molecule has 0 aliphatic carbocycles. The fourth-order valence-corrected chi connectivity index (χ4v) is 5.08. The van der Waals surface area contributed by atoms with Crippen LogP contribution in [0, 0.1) is 0 Å². The van der Waals surface area contributed by atoms with Crippen molar-refractivity contribution in [3.05, 3.63) is 84.1 Å². The highest BCUT2D eigenvalue weighted by Crippen LogP contribution is 2.38. The monoisotopic (exact) mass is 565 g/mol. The number of halogens is 3. The number of nitrogens with zero attached hydrogens (tertiary/aromatic N) is 3. The fourth-order valence-electron chi connectivity index (χ4n) is 3.72. The van der Waals surface area contributed by atoms with Crippen LogP contribution in [0.5, 0.6) is 0 Å². The van der Waals surface area contributed by atoms with E-state index >= 15 is 0 Å². The fraction of sp³-hybridized carbons (Fsp3) is 0.208. The predicted molar refractivity (Wildman–Crippen MR) is 136 cm³/mol. The van der Waals surface area contributed by atoms with E-state index in [9.17, 15) is 31.2 Å². The van der Waals surface area contributed by atoms with Gasteiger partial charge in [0.1, 0.15) is 11.9 Å². The maximum absolute atomic E-state index is 13.1. The van der Waals surface area contributed by atoms with E-state index in [1.807, 2.05) is 6.07 Å². The first-order chi connectivity index (χ1) is 17.9. The molecule has 1 unspecified atom stereocenters. The highest BCUT2D eigenvalue weighted by Gasteiger charge is 2.43. The molecule has 0 radical (unpaired) electrons. The number of hydrogen-bond acceptors (Lipinski definition) is 6. The lowest BCUT2D eigenvalue weighted by Crippen LogP contribution is -2.33. The van der Waals surface area contributed by atoms with Crippen molar-refractivity contribution >= 4 is 45.4 Å². The molecule has 1 atom stereocenters. The van der Waals surface area contributed by atoms with E-state index in [0.29, 0.717) is 5.56 Å². The Bertz CT molecular complexity index is 1420. The molecule has 1 aliphatic rings. The van der Waals surface area contributed by atoms with Gasteiger partial charge in [0, 0.05) is 24.2 Å². The molecular weight excluding hydrogens is 543 g/mol. The first-order valence-corrected chi connectivity index (χ1v) is 13.5. The number of nitrogens with one attached hydrogen (secondary N) is 2. The Kier molecular flexibility index (Phi) is 7.94. The number of carbonyl (C=O) groups is 2. The van der Waals surface area contributed by atoms with Crippen LogP contribution in [-0.4, -0.2) is 41.8 Å². The first kappa shape index (κ1) is 27.4. The van der Waals surface area contributed by atoms with E-state index in [1.54, 1.807) is 30.3 Å². The van der Waals surface area contributed by atoms with Crippen LogP contribution in [0.2, 0.25) is 0 Å². The molecule has 38 heavy (non-hydrogen) atoms. The number of alkyl halides is 3. The van der Waals surface area contributed by atoms with Gasteiger partial charge in [0.25, 0.3) is 5.91 Å².